The fourth-order valence-electron chi connectivity index (χ4n) is 1.82. The maximum atomic E-state index is 10.0. The molecule has 0 saturated carbocycles. The van der Waals surface area contributed by atoms with Crippen molar-refractivity contribution in [1.29, 1.82) is 0 Å². The number of aliphatic hydroxyl groups excluding tert-OH is 1. The number of hydrogen-bond donors (Lipinski definition) is 2. The molecular formula is C13H17N3O. The molecule has 0 aliphatic carbocycles. The molecule has 0 aliphatic heterocycles. The minimum Gasteiger partial charge on any atom is -0.399 e. The molecule has 1 unspecified atom stereocenters. The van der Waals surface area contributed by atoms with E-state index in [-0.39, 0.29) is 0 Å². The summed E-state index contributed by atoms with van der Waals surface area (Å²) in [5.41, 5.74) is 8.35. The van der Waals surface area contributed by atoms with Gasteiger partial charge in [0.25, 0.3) is 0 Å². The van der Waals surface area contributed by atoms with Crippen LogP contribution in [0.4, 0.5) is 5.69 Å². The number of nitrogens with two attached hydrogens (primary N) is 1. The number of rotatable bonds is 4. The van der Waals surface area contributed by atoms with Gasteiger partial charge in [-0.2, -0.15) is 5.10 Å². The largest absolute Gasteiger partial charge is 0.399 e. The number of hydrogen-bond acceptors (Lipinski definition) is 3. The van der Waals surface area contributed by atoms with E-state index in [1.165, 1.54) is 0 Å². The van der Waals surface area contributed by atoms with E-state index in [9.17, 15) is 5.11 Å². The van der Waals surface area contributed by atoms with Gasteiger partial charge in [-0.15, -0.1) is 0 Å². The van der Waals surface area contributed by atoms with Gasteiger partial charge in [0.2, 0.25) is 0 Å². The normalized spacial score (nSPS) is 12.6. The van der Waals surface area contributed by atoms with Crippen molar-refractivity contribution in [3.63, 3.8) is 0 Å². The maximum Gasteiger partial charge on any atom is 0.0793 e. The highest BCUT2D eigenvalue weighted by atomic mass is 16.3. The van der Waals surface area contributed by atoms with Crippen molar-refractivity contribution in [2.45, 2.75) is 18.9 Å². The van der Waals surface area contributed by atoms with E-state index in [0.717, 1.165) is 17.7 Å². The summed E-state index contributed by atoms with van der Waals surface area (Å²) in [6.07, 6.45) is 2.81. The molecule has 1 aromatic carbocycles. The van der Waals surface area contributed by atoms with Crippen molar-refractivity contribution in [3.8, 4) is 0 Å². The minimum absolute atomic E-state index is 0.453. The Hall–Kier alpha value is -1.81. The molecule has 0 aliphatic rings. The predicted octanol–water partition coefficient (Wildman–Crippen LogP) is 1.67. The van der Waals surface area contributed by atoms with Crippen molar-refractivity contribution in [2.24, 2.45) is 7.05 Å². The van der Waals surface area contributed by atoms with Crippen molar-refractivity contribution < 1.29 is 5.11 Å². The summed E-state index contributed by atoms with van der Waals surface area (Å²) in [5, 5.41) is 14.1. The van der Waals surface area contributed by atoms with E-state index in [4.69, 9.17) is 5.73 Å². The Morgan fingerprint density at radius 1 is 1.29 bits per heavy atom. The lowest BCUT2D eigenvalue weighted by Gasteiger charge is -2.11. The number of nitrogens with zero attached hydrogens (tertiary/aromatic N) is 2. The van der Waals surface area contributed by atoms with Crippen molar-refractivity contribution in [3.05, 3.63) is 47.8 Å². The molecule has 0 radical (unpaired) electrons. The van der Waals surface area contributed by atoms with Crippen LogP contribution in [0.3, 0.4) is 0 Å². The van der Waals surface area contributed by atoms with Gasteiger partial charge in [-0.3, -0.25) is 4.68 Å². The van der Waals surface area contributed by atoms with Crippen LogP contribution in [0.15, 0.2) is 36.5 Å². The lowest BCUT2D eigenvalue weighted by Crippen LogP contribution is -2.03. The Morgan fingerprint density at radius 2 is 2.00 bits per heavy atom. The second-order valence-corrected chi connectivity index (χ2v) is 4.17. The molecule has 2 aromatic rings. The zero-order valence-electron chi connectivity index (χ0n) is 9.87. The van der Waals surface area contributed by atoms with E-state index >= 15 is 0 Å². The summed E-state index contributed by atoms with van der Waals surface area (Å²) in [5.74, 6) is 0. The zero-order valence-corrected chi connectivity index (χ0v) is 9.87. The minimum atomic E-state index is -0.453. The quantitative estimate of drug-likeness (QED) is 0.787. The fraction of sp³-hybridized carbons (Fsp3) is 0.308. The average molecular weight is 231 g/mol. The van der Waals surface area contributed by atoms with E-state index in [0.29, 0.717) is 12.1 Å². The number of anilines is 1. The van der Waals surface area contributed by atoms with Crippen LogP contribution in [-0.4, -0.2) is 14.9 Å². The highest BCUT2D eigenvalue weighted by Gasteiger charge is 2.08. The van der Waals surface area contributed by atoms with Crippen LogP contribution >= 0.6 is 0 Å². The second-order valence-electron chi connectivity index (χ2n) is 4.17. The van der Waals surface area contributed by atoms with Crippen molar-refractivity contribution in [2.75, 3.05) is 5.73 Å². The third-order valence-electron chi connectivity index (χ3n) is 2.92. The number of nitrogen functional groups attached to an aromatic ring is 1. The summed E-state index contributed by atoms with van der Waals surface area (Å²) in [4.78, 5) is 0. The summed E-state index contributed by atoms with van der Waals surface area (Å²) in [6, 6.07) is 9.31. The fourth-order valence-corrected chi connectivity index (χ4v) is 1.82. The Balaban J connectivity index is 1.95. The molecule has 4 heteroatoms. The topological polar surface area (TPSA) is 64.1 Å². The lowest BCUT2D eigenvalue weighted by molar-refractivity contribution is 0.167. The maximum absolute atomic E-state index is 10.0. The molecule has 1 heterocycles. The van der Waals surface area contributed by atoms with E-state index in [2.05, 4.69) is 5.10 Å². The van der Waals surface area contributed by atoms with E-state index in [1.54, 1.807) is 6.20 Å². The van der Waals surface area contributed by atoms with Crippen LogP contribution in [0.25, 0.3) is 0 Å². The van der Waals surface area contributed by atoms with Gasteiger partial charge in [-0.1, -0.05) is 12.1 Å². The molecular weight excluding hydrogens is 214 g/mol. The smallest absolute Gasteiger partial charge is 0.0793 e. The molecule has 0 spiro atoms. The number of benzene rings is 1. The van der Waals surface area contributed by atoms with Gasteiger partial charge in [0.05, 0.1) is 6.10 Å². The summed E-state index contributed by atoms with van der Waals surface area (Å²) in [6.45, 7) is 0. The van der Waals surface area contributed by atoms with E-state index in [1.807, 2.05) is 42.1 Å². The van der Waals surface area contributed by atoms with Gasteiger partial charge in [-0.25, -0.2) is 0 Å². The molecule has 0 fully saturated rings. The zero-order chi connectivity index (χ0) is 12.3. The molecule has 0 saturated heterocycles. The third-order valence-corrected chi connectivity index (χ3v) is 2.92. The molecule has 90 valence electrons. The first-order valence-corrected chi connectivity index (χ1v) is 5.67. The summed E-state index contributed by atoms with van der Waals surface area (Å²) in [7, 11) is 1.91. The third kappa shape index (κ3) is 2.85. The van der Waals surface area contributed by atoms with Crippen LogP contribution < -0.4 is 5.73 Å². The van der Waals surface area contributed by atoms with Gasteiger partial charge in [0.1, 0.15) is 0 Å². The summed E-state index contributed by atoms with van der Waals surface area (Å²) >= 11 is 0. The van der Waals surface area contributed by atoms with Crippen LogP contribution in [0.2, 0.25) is 0 Å². The number of aromatic nitrogens is 2. The molecule has 3 N–H and O–H groups in total. The molecule has 0 bridgehead atoms. The predicted molar refractivity (Wildman–Crippen MR) is 67.3 cm³/mol. The highest BCUT2D eigenvalue weighted by molar-refractivity contribution is 5.39. The van der Waals surface area contributed by atoms with Crippen molar-refractivity contribution in [1.82, 2.24) is 9.78 Å². The first-order chi connectivity index (χ1) is 8.16. The Morgan fingerprint density at radius 3 is 2.59 bits per heavy atom. The molecule has 17 heavy (non-hydrogen) atoms. The molecule has 2 rings (SSSR count). The summed E-state index contributed by atoms with van der Waals surface area (Å²) < 4.78 is 1.83. The van der Waals surface area contributed by atoms with Crippen LogP contribution in [-0.2, 0) is 13.5 Å². The Bertz CT molecular complexity index is 476. The van der Waals surface area contributed by atoms with Crippen molar-refractivity contribution >= 4 is 5.69 Å². The second kappa shape index (κ2) is 5.01. The van der Waals surface area contributed by atoms with Gasteiger partial charge < -0.3 is 10.8 Å². The van der Waals surface area contributed by atoms with Gasteiger partial charge in [0, 0.05) is 24.6 Å². The number of aliphatic hydroxyl groups is 1. The van der Waals surface area contributed by atoms with Gasteiger partial charge >= 0.3 is 0 Å². The lowest BCUT2D eigenvalue weighted by atomic mass is 10.0. The molecule has 4 nitrogen and oxygen atoms in total. The first kappa shape index (κ1) is 11.7. The molecule has 1 aromatic heterocycles. The monoisotopic (exact) mass is 231 g/mol. The van der Waals surface area contributed by atoms with E-state index < -0.39 is 6.10 Å². The average Bonchev–Trinajstić information content (AvgIpc) is 2.73. The van der Waals surface area contributed by atoms with Gasteiger partial charge in [0.15, 0.2) is 0 Å². The van der Waals surface area contributed by atoms with Gasteiger partial charge in [-0.05, 0) is 36.6 Å². The van der Waals surface area contributed by atoms with Crippen LogP contribution in [0.5, 0.6) is 0 Å². The first-order valence-electron chi connectivity index (χ1n) is 5.67. The Labute approximate surface area is 101 Å². The molecule has 0 amide bonds. The Kier molecular flexibility index (Phi) is 3.44. The van der Waals surface area contributed by atoms with Crippen LogP contribution in [0, 0.1) is 0 Å². The van der Waals surface area contributed by atoms with Crippen LogP contribution in [0.1, 0.15) is 23.8 Å². The standard InChI is InChI=1S/C13H17N3O/c1-16-12(8-9-15-16)6-7-13(17)10-2-4-11(14)5-3-10/h2-5,8-9,13,17H,6-7,14H2,1H3. The SMILES string of the molecule is Cn1nccc1CCC(O)c1ccc(N)cc1. The molecule has 1 atom stereocenters. The number of aryl methyl sites for hydroxylation is 2. The highest BCUT2D eigenvalue weighted by Crippen LogP contribution is 2.19.